The van der Waals surface area contributed by atoms with Crippen LogP contribution in [0.1, 0.15) is 49.9 Å². The fourth-order valence-corrected chi connectivity index (χ4v) is 10.4. The third-order valence-electron chi connectivity index (χ3n) is 13.2. The van der Waals surface area contributed by atoms with E-state index in [2.05, 4.69) is 196 Å². The molecule has 56 heavy (non-hydrogen) atoms. The van der Waals surface area contributed by atoms with E-state index in [0.717, 1.165) is 11.2 Å². The Morgan fingerprint density at radius 1 is 0.393 bits per heavy atom. The molecule has 0 bridgehead atoms. The maximum absolute atomic E-state index is 6.35. The highest BCUT2D eigenvalue weighted by atomic mass is 16.3. The van der Waals surface area contributed by atoms with Gasteiger partial charge in [0.25, 0.3) is 0 Å². The number of nitrogens with zero attached hydrogens (tertiary/aromatic N) is 1. The number of rotatable bonds is 3. The van der Waals surface area contributed by atoms with Crippen molar-refractivity contribution in [2.24, 2.45) is 0 Å². The van der Waals surface area contributed by atoms with E-state index < -0.39 is 0 Å². The summed E-state index contributed by atoms with van der Waals surface area (Å²) in [6.07, 6.45) is 0. The van der Waals surface area contributed by atoms with E-state index in [0.29, 0.717) is 0 Å². The van der Waals surface area contributed by atoms with E-state index in [1.807, 2.05) is 0 Å². The Bertz CT molecular complexity index is 3300. The molecule has 2 aliphatic carbocycles. The summed E-state index contributed by atoms with van der Waals surface area (Å²) in [5.41, 5.74) is 21.1. The smallest absolute Gasteiger partial charge is 0.135 e. The van der Waals surface area contributed by atoms with Crippen molar-refractivity contribution in [3.05, 3.63) is 186 Å². The highest BCUT2D eigenvalue weighted by molar-refractivity contribution is 6.13. The number of aromatic nitrogens is 1. The van der Waals surface area contributed by atoms with Crippen molar-refractivity contribution < 1.29 is 4.42 Å². The van der Waals surface area contributed by atoms with Crippen molar-refractivity contribution in [2.45, 2.75) is 38.5 Å². The Labute approximate surface area is 326 Å². The summed E-state index contributed by atoms with van der Waals surface area (Å²) in [7, 11) is 0. The number of hydrogen-bond donors (Lipinski definition) is 0. The van der Waals surface area contributed by atoms with E-state index in [1.54, 1.807) is 0 Å². The molecule has 266 valence electrons. The first-order valence-corrected chi connectivity index (χ1v) is 19.8. The summed E-state index contributed by atoms with van der Waals surface area (Å²) in [4.78, 5) is 0. The molecule has 2 aliphatic rings. The zero-order valence-corrected chi connectivity index (χ0v) is 31.9. The molecule has 0 saturated heterocycles. The number of hydrogen-bond acceptors (Lipinski definition) is 1. The molecular weight excluding hydrogens is 679 g/mol. The fourth-order valence-electron chi connectivity index (χ4n) is 10.4. The quantitative estimate of drug-likeness (QED) is 0.178. The minimum atomic E-state index is -0.158. The minimum Gasteiger partial charge on any atom is -0.456 e. The maximum atomic E-state index is 6.35. The Kier molecular flexibility index (Phi) is 6.22. The van der Waals surface area contributed by atoms with Gasteiger partial charge in [-0.1, -0.05) is 131 Å². The normalized spacial score (nSPS) is 14.7. The molecule has 0 atom stereocenters. The molecule has 0 amide bonds. The van der Waals surface area contributed by atoms with Crippen molar-refractivity contribution in [1.29, 1.82) is 0 Å². The van der Waals surface area contributed by atoms with Crippen LogP contribution in [0.3, 0.4) is 0 Å². The van der Waals surface area contributed by atoms with Gasteiger partial charge in [-0.05, 0) is 127 Å². The van der Waals surface area contributed by atoms with Gasteiger partial charge in [-0.3, -0.25) is 0 Å². The zero-order chi connectivity index (χ0) is 37.5. The molecule has 0 radical (unpaired) electrons. The number of benzene rings is 8. The van der Waals surface area contributed by atoms with Crippen LogP contribution in [-0.2, 0) is 10.8 Å². The van der Waals surface area contributed by atoms with Crippen LogP contribution in [0.2, 0.25) is 0 Å². The summed E-state index contributed by atoms with van der Waals surface area (Å²) in [6, 6.07) is 60.8. The molecule has 10 aromatic rings. The average molecular weight is 718 g/mol. The Hall–Kier alpha value is -6.64. The highest BCUT2D eigenvalue weighted by Gasteiger charge is 2.38. The first-order valence-electron chi connectivity index (χ1n) is 19.8. The summed E-state index contributed by atoms with van der Waals surface area (Å²) >= 11 is 0. The molecule has 2 heterocycles. The van der Waals surface area contributed by atoms with Crippen LogP contribution in [0.15, 0.2) is 168 Å². The highest BCUT2D eigenvalue weighted by Crippen LogP contribution is 2.54. The maximum Gasteiger partial charge on any atom is 0.135 e. The molecule has 0 unspecified atom stereocenters. The molecule has 0 spiro atoms. The van der Waals surface area contributed by atoms with E-state index in [1.165, 1.54) is 105 Å². The van der Waals surface area contributed by atoms with Gasteiger partial charge < -0.3 is 8.98 Å². The van der Waals surface area contributed by atoms with Gasteiger partial charge in [-0.2, -0.15) is 0 Å². The second kappa shape index (κ2) is 11.0. The lowest BCUT2D eigenvalue weighted by atomic mass is 9.80. The molecule has 8 aromatic carbocycles. The third-order valence-corrected chi connectivity index (χ3v) is 13.2. The fraction of sp³-hybridized carbons (Fsp3) is 0.111. The first kappa shape index (κ1) is 31.7. The number of fused-ring (bicyclic) bond motifs is 13. The molecule has 0 N–H and O–H groups in total. The SMILES string of the molecule is CC1(C)c2ccccc2-c2ccc(-c3ccc4c(c3)c3cc(-c5ccc6c(c5)-c5ccc7oc8ccccc8c7c5C6(C)C)ccc3n4-c3ccccc3)cc21. The van der Waals surface area contributed by atoms with Gasteiger partial charge in [0.05, 0.1) is 11.0 Å². The van der Waals surface area contributed by atoms with Gasteiger partial charge in [0.2, 0.25) is 0 Å². The lowest BCUT2D eigenvalue weighted by Gasteiger charge is -2.22. The van der Waals surface area contributed by atoms with Gasteiger partial charge in [0.1, 0.15) is 11.2 Å². The standard InChI is InChI=1S/C54H39NO/c1-53(2)44-16-10-8-14-37(44)38-22-18-35(31-46(38)53)34-21-26-48-43(30-34)42-29-33(20-25-47(42)55(48)36-12-6-5-7-13-36)32-19-24-45-41(28-32)39-23-27-50-51(52(39)54(45,3)4)40-15-9-11-17-49(40)56-50/h5-31H,1-4H3. The van der Waals surface area contributed by atoms with Crippen molar-refractivity contribution in [3.8, 4) is 50.2 Å². The van der Waals surface area contributed by atoms with Crippen LogP contribution in [-0.4, -0.2) is 4.57 Å². The predicted octanol–water partition coefficient (Wildman–Crippen LogP) is 14.6. The predicted molar refractivity (Wildman–Crippen MR) is 234 cm³/mol. The second-order valence-corrected chi connectivity index (χ2v) is 16.9. The van der Waals surface area contributed by atoms with Crippen molar-refractivity contribution in [3.63, 3.8) is 0 Å². The van der Waals surface area contributed by atoms with Crippen LogP contribution in [0.4, 0.5) is 0 Å². The van der Waals surface area contributed by atoms with Gasteiger partial charge >= 0.3 is 0 Å². The van der Waals surface area contributed by atoms with Crippen LogP contribution >= 0.6 is 0 Å². The van der Waals surface area contributed by atoms with Crippen molar-refractivity contribution in [2.75, 3.05) is 0 Å². The average Bonchev–Trinajstić information content (AvgIpc) is 3.91. The van der Waals surface area contributed by atoms with Gasteiger partial charge in [0.15, 0.2) is 0 Å². The molecule has 0 aliphatic heterocycles. The lowest BCUT2D eigenvalue weighted by Crippen LogP contribution is -2.15. The molecule has 12 rings (SSSR count). The zero-order valence-electron chi connectivity index (χ0n) is 31.9. The summed E-state index contributed by atoms with van der Waals surface area (Å²) in [6.45, 7) is 9.44. The van der Waals surface area contributed by atoms with E-state index in [9.17, 15) is 0 Å². The Morgan fingerprint density at radius 2 is 0.982 bits per heavy atom. The molecule has 2 aromatic heterocycles. The second-order valence-electron chi connectivity index (χ2n) is 16.9. The molecular formula is C54H39NO. The van der Waals surface area contributed by atoms with E-state index in [4.69, 9.17) is 4.42 Å². The van der Waals surface area contributed by atoms with E-state index >= 15 is 0 Å². The lowest BCUT2D eigenvalue weighted by molar-refractivity contribution is 0.657. The van der Waals surface area contributed by atoms with Crippen LogP contribution in [0.5, 0.6) is 0 Å². The topological polar surface area (TPSA) is 18.1 Å². The van der Waals surface area contributed by atoms with Crippen LogP contribution in [0, 0.1) is 0 Å². The first-order chi connectivity index (χ1) is 27.3. The van der Waals surface area contributed by atoms with Gasteiger partial charge in [-0.25, -0.2) is 0 Å². The van der Waals surface area contributed by atoms with Crippen molar-refractivity contribution in [1.82, 2.24) is 4.57 Å². The van der Waals surface area contributed by atoms with E-state index in [-0.39, 0.29) is 10.8 Å². The number of para-hydroxylation sites is 2. The summed E-state index contributed by atoms with van der Waals surface area (Å²) in [5.74, 6) is 0. The van der Waals surface area contributed by atoms with Gasteiger partial charge in [0, 0.05) is 38.1 Å². The Balaban J connectivity index is 1.03. The van der Waals surface area contributed by atoms with Gasteiger partial charge in [-0.15, -0.1) is 0 Å². The molecule has 2 heteroatoms. The number of furan rings is 1. The van der Waals surface area contributed by atoms with Crippen LogP contribution in [0.25, 0.3) is 93.9 Å². The van der Waals surface area contributed by atoms with Crippen LogP contribution < -0.4 is 0 Å². The summed E-state index contributed by atoms with van der Waals surface area (Å²) < 4.78 is 8.77. The largest absolute Gasteiger partial charge is 0.456 e. The third kappa shape index (κ3) is 4.16. The summed E-state index contributed by atoms with van der Waals surface area (Å²) in [5, 5.41) is 4.94. The monoisotopic (exact) mass is 717 g/mol. The molecule has 0 saturated carbocycles. The minimum absolute atomic E-state index is 0.0474. The molecule has 2 nitrogen and oxygen atoms in total. The van der Waals surface area contributed by atoms with Crippen molar-refractivity contribution >= 4 is 43.7 Å². The Morgan fingerprint density at radius 3 is 1.77 bits per heavy atom. The molecule has 0 fully saturated rings.